The molecule has 1 N–H and O–H groups in total. The van der Waals surface area contributed by atoms with Crippen molar-refractivity contribution >= 4 is 11.3 Å². The van der Waals surface area contributed by atoms with Gasteiger partial charge in [0.05, 0.1) is 11.6 Å². The molecule has 2 atom stereocenters. The summed E-state index contributed by atoms with van der Waals surface area (Å²) in [5.41, 5.74) is 1.06. The van der Waals surface area contributed by atoms with Crippen molar-refractivity contribution in [3.05, 3.63) is 16.1 Å². The lowest BCUT2D eigenvalue weighted by atomic mass is 9.79. The van der Waals surface area contributed by atoms with Crippen LogP contribution in [0, 0.1) is 6.92 Å². The fourth-order valence-corrected chi connectivity index (χ4v) is 3.90. The van der Waals surface area contributed by atoms with Gasteiger partial charge in [-0.3, -0.25) is 0 Å². The maximum Gasteiger partial charge on any atom is 0.116 e. The topological polar surface area (TPSA) is 34.2 Å². The first-order chi connectivity index (χ1) is 8.23. The van der Waals surface area contributed by atoms with E-state index in [9.17, 15) is 0 Å². The summed E-state index contributed by atoms with van der Waals surface area (Å²) in [5.74, 6) is 0. The molecule has 1 saturated carbocycles. The summed E-state index contributed by atoms with van der Waals surface area (Å²) in [7, 11) is 1.82. The second-order valence-electron chi connectivity index (χ2n) is 4.77. The van der Waals surface area contributed by atoms with Gasteiger partial charge >= 0.3 is 0 Å². The summed E-state index contributed by atoms with van der Waals surface area (Å²) in [4.78, 5) is 4.70. The van der Waals surface area contributed by atoms with Crippen LogP contribution in [0.25, 0.3) is 0 Å². The van der Waals surface area contributed by atoms with Gasteiger partial charge in [0, 0.05) is 18.2 Å². The highest BCUT2D eigenvalue weighted by molar-refractivity contribution is 7.09. The molecule has 17 heavy (non-hydrogen) atoms. The predicted molar refractivity (Wildman–Crippen MR) is 71.5 cm³/mol. The monoisotopic (exact) mass is 254 g/mol. The van der Waals surface area contributed by atoms with Crippen molar-refractivity contribution in [2.45, 2.75) is 51.2 Å². The highest BCUT2D eigenvalue weighted by Crippen LogP contribution is 2.40. The van der Waals surface area contributed by atoms with E-state index >= 15 is 0 Å². The lowest BCUT2D eigenvalue weighted by Gasteiger charge is -2.42. The van der Waals surface area contributed by atoms with E-state index in [0.717, 1.165) is 25.1 Å². The fourth-order valence-electron chi connectivity index (χ4n) is 2.86. The average Bonchev–Trinajstić information content (AvgIpc) is 2.77. The van der Waals surface area contributed by atoms with Crippen LogP contribution in [0.15, 0.2) is 5.38 Å². The molecule has 3 nitrogen and oxygen atoms in total. The van der Waals surface area contributed by atoms with Crippen molar-refractivity contribution in [3.8, 4) is 0 Å². The largest absolute Gasteiger partial charge is 0.379 e. The Labute approximate surface area is 108 Å². The van der Waals surface area contributed by atoms with E-state index in [2.05, 4.69) is 24.5 Å². The summed E-state index contributed by atoms with van der Waals surface area (Å²) >= 11 is 1.76. The van der Waals surface area contributed by atoms with Gasteiger partial charge in [-0.1, -0.05) is 19.8 Å². The SMILES string of the molecule is CCNC1(c2nc(C)cs2)CCCCC1OC. The molecular weight excluding hydrogens is 232 g/mol. The molecule has 2 unspecified atom stereocenters. The zero-order chi connectivity index (χ0) is 12.3. The number of methoxy groups -OCH3 is 1. The summed E-state index contributed by atoms with van der Waals surface area (Å²) < 4.78 is 5.73. The highest BCUT2D eigenvalue weighted by atomic mass is 32.1. The normalized spacial score (nSPS) is 29.5. The number of aryl methyl sites for hydroxylation is 1. The van der Waals surface area contributed by atoms with Crippen molar-refractivity contribution in [1.82, 2.24) is 10.3 Å². The molecule has 1 aliphatic rings. The van der Waals surface area contributed by atoms with Gasteiger partial charge in [0.25, 0.3) is 0 Å². The first kappa shape index (κ1) is 13.0. The van der Waals surface area contributed by atoms with E-state index in [-0.39, 0.29) is 11.6 Å². The van der Waals surface area contributed by atoms with Gasteiger partial charge < -0.3 is 10.1 Å². The van der Waals surface area contributed by atoms with Gasteiger partial charge in [0.15, 0.2) is 0 Å². The van der Waals surface area contributed by atoms with Crippen molar-refractivity contribution in [2.75, 3.05) is 13.7 Å². The number of likely N-dealkylation sites (N-methyl/N-ethyl adjacent to an activating group) is 1. The van der Waals surface area contributed by atoms with E-state index in [1.165, 1.54) is 17.8 Å². The van der Waals surface area contributed by atoms with Gasteiger partial charge in [-0.15, -0.1) is 11.3 Å². The third kappa shape index (κ3) is 2.39. The molecule has 0 aromatic carbocycles. The van der Waals surface area contributed by atoms with E-state index in [4.69, 9.17) is 9.72 Å². The molecule has 4 heteroatoms. The number of aromatic nitrogens is 1. The van der Waals surface area contributed by atoms with Crippen molar-refractivity contribution < 1.29 is 4.74 Å². The molecule has 1 aromatic rings. The molecule has 0 spiro atoms. The maximum atomic E-state index is 5.73. The van der Waals surface area contributed by atoms with E-state index in [0.29, 0.717) is 0 Å². The first-order valence-electron chi connectivity index (χ1n) is 6.43. The number of nitrogens with one attached hydrogen (secondary N) is 1. The molecule has 1 heterocycles. The lowest BCUT2D eigenvalue weighted by molar-refractivity contribution is -0.0148. The Kier molecular flexibility index (Phi) is 4.17. The van der Waals surface area contributed by atoms with Crippen LogP contribution in [-0.2, 0) is 10.3 Å². The Bertz CT molecular complexity index is 362. The molecule has 0 saturated heterocycles. The minimum Gasteiger partial charge on any atom is -0.379 e. The van der Waals surface area contributed by atoms with E-state index < -0.39 is 0 Å². The number of thiazole rings is 1. The molecule has 0 radical (unpaired) electrons. The Morgan fingerprint density at radius 2 is 2.41 bits per heavy atom. The van der Waals surface area contributed by atoms with Crippen LogP contribution in [0.2, 0.25) is 0 Å². The molecule has 0 aliphatic heterocycles. The van der Waals surface area contributed by atoms with Gasteiger partial charge in [0.2, 0.25) is 0 Å². The number of hydrogen-bond acceptors (Lipinski definition) is 4. The maximum absolute atomic E-state index is 5.73. The van der Waals surface area contributed by atoms with Gasteiger partial charge in [0.1, 0.15) is 5.01 Å². The zero-order valence-electron chi connectivity index (χ0n) is 11.0. The summed E-state index contributed by atoms with van der Waals surface area (Å²) in [6.07, 6.45) is 5.03. The second kappa shape index (κ2) is 5.46. The van der Waals surface area contributed by atoms with Crippen molar-refractivity contribution in [2.24, 2.45) is 0 Å². The second-order valence-corrected chi connectivity index (χ2v) is 5.62. The number of rotatable bonds is 4. The smallest absolute Gasteiger partial charge is 0.116 e. The van der Waals surface area contributed by atoms with Crippen LogP contribution >= 0.6 is 11.3 Å². The third-order valence-electron chi connectivity index (χ3n) is 3.61. The zero-order valence-corrected chi connectivity index (χ0v) is 11.8. The van der Waals surface area contributed by atoms with Crippen LogP contribution < -0.4 is 5.32 Å². The Morgan fingerprint density at radius 1 is 1.59 bits per heavy atom. The van der Waals surface area contributed by atoms with Crippen LogP contribution in [0.4, 0.5) is 0 Å². The molecule has 1 aromatic heterocycles. The van der Waals surface area contributed by atoms with Crippen LogP contribution in [0.3, 0.4) is 0 Å². The Morgan fingerprint density at radius 3 is 3.00 bits per heavy atom. The molecule has 1 fully saturated rings. The number of nitrogens with zero attached hydrogens (tertiary/aromatic N) is 1. The number of ether oxygens (including phenoxy) is 1. The molecular formula is C13H22N2OS. The van der Waals surface area contributed by atoms with E-state index in [1.54, 1.807) is 11.3 Å². The molecule has 0 bridgehead atoms. The lowest BCUT2D eigenvalue weighted by Crippen LogP contribution is -2.54. The minimum atomic E-state index is -0.0549. The Hall–Kier alpha value is -0.450. The highest BCUT2D eigenvalue weighted by Gasteiger charge is 2.44. The van der Waals surface area contributed by atoms with Gasteiger partial charge in [-0.2, -0.15) is 0 Å². The standard InChI is InChI=1S/C13H22N2OS/c1-4-14-13(12-15-10(2)9-17-12)8-6-5-7-11(13)16-3/h9,11,14H,4-8H2,1-3H3. The van der Waals surface area contributed by atoms with Gasteiger partial charge in [-0.25, -0.2) is 4.98 Å². The van der Waals surface area contributed by atoms with Crippen LogP contribution in [-0.4, -0.2) is 24.7 Å². The summed E-state index contributed by atoms with van der Waals surface area (Å²) in [6.45, 7) is 5.17. The molecule has 96 valence electrons. The van der Waals surface area contributed by atoms with Crippen molar-refractivity contribution in [3.63, 3.8) is 0 Å². The summed E-state index contributed by atoms with van der Waals surface area (Å²) in [6, 6.07) is 0. The predicted octanol–water partition coefficient (Wildman–Crippen LogP) is 2.85. The summed E-state index contributed by atoms with van der Waals surface area (Å²) in [5, 5.41) is 6.98. The average molecular weight is 254 g/mol. The van der Waals surface area contributed by atoms with Gasteiger partial charge in [-0.05, 0) is 26.3 Å². The van der Waals surface area contributed by atoms with Crippen LogP contribution in [0.5, 0.6) is 0 Å². The number of hydrogen-bond donors (Lipinski definition) is 1. The molecule has 2 rings (SSSR count). The quantitative estimate of drug-likeness (QED) is 0.897. The minimum absolute atomic E-state index is 0.0549. The Balaban J connectivity index is 2.35. The van der Waals surface area contributed by atoms with E-state index in [1.807, 2.05) is 7.11 Å². The molecule has 0 amide bonds. The van der Waals surface area contributed by atoms with Crippen molar-refractivity contribution in [1.29, 1.82) is 0 Å². The fraction of sp³-hybridized carbons (Fsp3) is 0.769. The molecule has 1 aliphatic carbocycles. The first-order valence-corrected chi connectivity index (χ1v) is 7.31. The van der Waals surface area contributed by atoms with Crippen LogP contribution in [0.1, 0.15) is 43.3 Å². The third-order valence-corrected chi connectivity index (χ3v) is 4.75.